The zero-order valence-corrected chi connectivity index (χ0v) is 6.65. The van der Waals surface area contributed by atoms with Crippen molar-refractivity contribution in [2.24, 2.45) is 0 Å². The Morgan fingerprint density at radius 1 is 0.900 bits per heavy atom. The molecule has 0 aliphatic heterocycles. The van der Waals surface area contributed by atoms with Crippen LogP contribution in [0, 0.1) is 22.7 Å². The van der Waals surface area contributed by atoms with E-state index in [1.54, 1.807) is 10.8 Å². The third-order valence-corrected chi connectivity index (χ3v) is 2.06. The Kier molecular flexibility index (Phi) is 7.47. The van der Waals surface area contributed by atoms with E-state index in [9.17, 15) is 0 Å². The van der Waals surface area contributed by atoms with Gasteiger partial charge in [0, 0.05) is 12.2 Å². The van der Waals surface area contributed by atoms with E-state index in [1.165, 1.54) is 33.7 Å². The number of hydrogen-bond donors (Lipinski definition) is 0. The molecule has 2 nitrogen and oxygen atoms in total. The molecule has 0 aliphatic carbocycles. The number of nitriles is 2. The van der Waals surface area contributed by atoms with E-state index in [0.29, 0.717) is 0 Å². The Morgan fingerprint density at radius 2 is 1.30 bits per heavy atom. The van der Waals surface area contributed by atoms with Crippen molar-refractivity contribution in [1.82, 2.24) is 0 Å². The van der Waals surface area contributed by atoms with E-state index >= 15 is 0 Å². The molecule has 0 fully saturated rings. The maximum atomic E-state index is 8.04. The largest absolute Gasteiger partial charge is 0.193 e. The molecule has 0 bridgehead atoms. The number of allylic oxidation sites excluding steroid dienone is 2. The van der Waals surface area contributed by atoms with Gasteiger partial charge in [-0.25, -0.2) is 0 Å². The van der Waals surface area contributed by atoms with E-state index in [4.69, 9.17) is 10.5 Å². The Morgan fingerprint density at radius 3 is 1.60 bits per heavy atom. The van der Waals surface area contributed by atoms with Crippen molar-refractivity contribution in [2.45, 2.75) is 0 Å². The van der Waals surface area contributed by atoms with Crippen LogP contribution in [0.1, 0.15) is 0 Å². The van der Waals surface area contributed by atoms with Crippen LogP contribution in [-0.2, 0) is 0 Å². The summed E-state index contributed by atoms with van der Waals surface area (Å²) >= 11 is 0. The van der Waals surface area contributed by atoms with Crippen molar-refractivity contribution < 1.29 is 0 Å². The van der Waals surface area contributed by atoms with Crippen LogP contribution >= 0.6 is 21.6 Å². The summed E-state index contributed by atoms with van der Waals surface area (Å²) in [5.41, 5.74) is 0. The standard InChI is InChI=1S/C6H4N2S2/c7-3-1-5-9-10-6-2-4-8/h1-2,5-6H. The van der Waals surface area contributed by atoms with Gasteiger partial charge >= 0.3 is 0 Å². The molecule has 0 aliphatic rings. The number of rotatable bonds is 3. The summed E-state index contributed by atoms with van der Waals surface area (Å²) in [5.74, 6) is 0. The molecule has 0 saturated carbocycles. The van der Waals surface area contributed by atoms with Gasteiger partial charge in [-0.3, -0.25) is 0 Å². The van der Waals surface area contributed by atoms with Gasteiger partial charge in [0.05, 0.1) is 12.1 Å². The lowest BCUT2D eigenvalue weighted by Crippen LogP contribution is -1.43. The third kappa shape index (κ3) is 7.16. The molecule has 0 aromatic carbocycles. The normalized spacial score (nSPS) is 9.80. The van der Waals surface area contributed by atoms with Gasteiger partial charge in [0.2, 0.25) is 0 Å². The first-order valence-electron chi connectivity index (χ1n) is 2.33. The van der Waals surface area contributed by atoms with Crippen LogP contribution in [0.3, 0.4) is 0 Å². The Hall–Kier alpha value is -0.840. The molecule has 0 heterocycles. The van der Waals surface area contributed by atoms with Gasteiger partial charge in [-0.1, -0.05) is 21.6 Å². The van der Waals surface area contributed by atoms with Gasteiger partial charge in [0.25, 0.3) is 0 Å². The average Bonchev–Trinajstić information content (AvgIpc) is 1.97. The minimum atomic E-state index is 1.39. The van der Waals surface area contributed by atoms with Gasteiger partial charge in [-0.05, 0) is 10.8 Å². The summed E-state index contributed by atoms with van der Waals surface area (Å²) in [4.78, 5) is 0. The lowest BCUT2D eigenvalue weighted by atomic mass is 10.7. The molecular weight excluding hydrogens is 164 g/mol. The molecule has 0 unspecified atom stereocenters. The molecule has 0 amide bonds. The molecule has 0 N–H and O–H groups in total. The van der Waals surface area contributed by atoms with E-state index in [-0.39, 0.29) is 0 Å². The highest BCUT2D eigenvalue weighted by molar-refractivity contribution is 8.78. The van der Waals surface area contributed by atoms with Gasteiger partial charge in [-0.2, -0.15) is 10.5 Å². The first kappa shape index (κ1) is 9.16. The molecule has 0 rings (SSSR count). The molecule has 0 atom stereocenters. The van der Waals surface area contributed by atoms with E-state index in [1.807, 2.05) is 12.1 Å². The van der Waals surface area contributed by atoms with Crippen LogP contribution in [0.4, 0.5) is 0 Å². The van der Waals surface area contributed by atoms with Gasteiger partial charge < -0.3 is 0 Å². The van der Waals surface area contributed by atoms with E-state index in [2.05, 4.69) is 0 Å². The molecule has 0 spiro atoms. The van der Waals surface area contributed by atoms with E-state index < -0.39 is 0 Å². The minimum absolute atomic E-state index is 1.39. The summed E-state index contributed by atoms with van der Waals surface area (Å²) in [5, 5.41) is 19.4. The summed E-state index contributed by atoms with van der Waals surface area (Å²) in [6.45, 7) is 0. The van der Waals surface area contributed by atoms with Crippen LogP contribution in [0.2, 0.25) is 0 Å². The highest BCUT2D eigenvalue weighted by Gasteiger charge is 1.74. The van der Waals surface area contributed by atoms with Crippen LogP contribution in [0.25, 0.3) is 0 Å². The van der Waals surface area contributed by atoms with Gasteiger partial charge in [0.1, 0.15) is 0 Å². The van der Waals surface area contributed by atoms with Gasteiger partial charge in [0.15, 0.2) is 0 Å². The maximum Gasteiger partial charge on any atom is 0.0917 e. The zero-order chi connectivity index (χ0) is 7.66. The first-order chi connectivity index (χ1) is 4.91. The van der Waals surface area contributed by atoms with Crippen LogP contribution in [0.15, 0.2) is 23.0 Å². The molecule has 0 saturated heterocycles. The summed E-state index contributed by atoms with van der Waals surface area (Å²) < 4.78 is 0. The number of hydrogen-bond acceptors (Lipinski definition) is 4. The highest BCUT2D eigenvalue weighted by atomic mass is 33.1. The fourth-order valence-corrected chi connectivity index (χ4v) is 1.26. The molecule has 10 heavy (non-hydrogen) atoms. The predicted octanol–water partition coefficient (Wildman–Crippen LogP) is 2.44. The Balaban J connectivity index is 3.25. The summed E-state index contributed by atoms with van der Waals surface area (Å²) in [7, 11) is 2.79. The fourth-order valence-electron chi connectivity index (χ4n) is 0.181. The van der Waals surface area contributed by atoms with Crippen molar-refractivity contribution >= 4 is 21.6 Å². The molecular formula is C6H4N2S2. The van der Waals surface area contributed by atoms with Crippen molar-refractivity contribution in [1.29, 1.82) is 10.5 Å². The van der Waals surface area contributed by atoms with Crippen molar-refractivity contribution in [2.75, 3.05) is 0 Å². The molecule has 4 heteroatoms. The second-order valence-corrected chi connectivity index (χ2v) is 3.14. The monoisotopic (exact) mass is 168 g/mol. The highest BCUT2D eigenvalue weighted by Crippen LogP contribution is 2.22. The molecule has 0 aromatic rings. The Labute approximate surface area is 67.6 Å². The van der Waals surface area contributed by atoms with E-state index in [0.717, 1.165) is 0 Å². The van der Waals surface area contributed by atoms with Crippen molar-refractivity contribution in [3.8, 4) is 12.1 Å². The molecule has 50 valence electrons. The second-order valence-electron chi connectivity index (χ2n) is 1.06. The third-order valence-electron chi connectivity index (χ3n) is 0.452. The average molecular weight is 168 g/mol. The smallest absolute Gasteiger partial charge is 0.0917 e. The molecule has 0 radical (unpaired) electrons. The lowest BCUT2D eigenvalue weighted by Gasteiger charge is -1.79. The quantitative estimate of drug-likeness (QED) is 0.369. The fraction of sp³-hybridized carbons (Fsp3) is 0. The molecule has 0 aromatic heterocycles. The topological polar surface area (TPSA) is 47.6 Å². The van der Waals surface area contributed by atoms with Crippen LogP contribution in [-0.4, -0.2) is 0 Å². The van der Waals surface area contributed by atoms with Gasteiger partial charge in [-0.15, -0.1) is 0 Å². The lowest BCUT2D eigenvalue weighted by molar-refractivity contribution is 1.54. The van der Waals surface area contributed by atoms with Crippen LogP contribution in [0.5, 0.6) is 0 Å². The maximum absolute atomic E-state index is 8.04. The SMILES string of the molecule is N#CC=CSSC=CC#N. The van der Waals surface area contributed by atoms with Crippen LogP contribution < -0.4 is 0 Å². The van der Waals surface area contributed by atoms with Crippen molar-refractivity contribution in [3.63, 3.8) is 0 Å². The van der Waals surface area contributed by atoms with Crippen molar-refractivity contribution in [3.05, 3.63) is 23.0 Å². The predicted molar refractivity (Wildman–Crippen MR) is 44.7 cm³/mol. The summed E-state index contributed by atoms with van der Waals surface area (Å²) in [6.07, 6.45) is 2.77. The Bertz CT molecular complexity index is 183. The second kappa shape index (κ2) is 8.16. The zero-order valence-electron chi connectivity index (χ0n) is 5.02. The summed E-state index contributed by atoms with van der Waals surface area (Å²) in [6, 6.07) is 3.71. The minimum Gasteiger partial charge on any atom is -0.193 e. The number of nitrogens with zero attached hydrogens (tertiary/aromatic N) is 2. The first-order valence-corrected chi connectivity index (χ1v) is 4.61.